The van der Waals surface area contributed by atoms with Crippen LogP contribution in [-0.2, 0) is 11.3 Å². The van der Waals surface area contributed by atoms with Gasteiger partial charge in [-0.15, -0.1) is 0 Å². The highest BCUT2D eigenvalue weighted by Crippen LogP contribution is 2.74. The second kappa shape index (κ2) is 6.18. The number of hydrogen-bond donors (Lipinski definition) is 0. The van der Waals surface area contributed by atoms with Crippen molar-refractivity contribution in [3.63, 3.8) is 0 Å². The predicted molar refractivity (Wildman–Crippen MR) is 110 cm³/mol. The second-order valence-electron chi connectivity index (χ2n) is 9.46. The van der Waals surface area contributed by atoms with Gasteiger partial charge in [-0.2, -0.15) is 10.2 Å². The molecule has 0 N–H and O–H groups in total. The van der Waals surface area contributed by atoms with Crippen LogP contribution in [0.15, 0.2) is 41.8 Å². The van der Waals surface area contributed by atoms with Crippen molar-refractivity contribution in [2.24, 2.45) is 15.9 Å². The summed E-state index contributed by atoms with van der Waals surface area (Å²) in [5.41, 5.74) is 2.94. The van der Waals surface area contributed by atoms with Crippen molar-refractivity contribution in [3.8, 4) is 0 Å². The maximum atomic E-state index is 13.7. The molecule has 0 saturated heterocycles. The molecule has 8 heteroatoms. The number of halogens is 2. The molecule has 0 spiro atoms. The number of aryl methyl sites for hydroxylation is 1. The Morgan fingerprint density at radius 3 is 2.61 bits per heavy atom. The molecule has 6 nitrogen and oxygen atoms in total. The van der Waals surface area contributed by atoms with Crippen molar-refractivity contribution >= 4 is 23.2 Å². The van der Waals surface area contributed by atoms with Gasteiger partial charge in [0.15, 0.2) is 0 Å². The number of pyridine rings is 1. The molecule has 7 rings (SSSR count). The Balaban J connectivity index is 1.17. The molecule has 3 aromatic rings. The standard InChI is InChI=1S/C23H21F2N5O/c1-14-4-18-19(26-8-14)9-29(28-18)13-22-10-23(11-22,12-22)21(31)30-20(2-3-27-30)15-5-16(24)7-17(25)6-15/h3-9,20H,2,10-13H2,1H3. The maximum absolute atomic E-state index is 13.7. The third-order valence-corrected chi connectivity index (χ3v) is 6.94. The van der Waals surface area contributed by atoms with Crippen LogP contribution in [0.4, 0.5) is 8.78 Å². The van der Waals surface area contributed by atoms with Crippen molar-refractivity contribution < 1.29 is 13.6 Å². The molecule has 1 aromatic carbocycles. The zero-order valence-corrected chi connectivity index (χ0v) is 17.1. The molecule has 1 unspecified atom stereocenters. The Hall–Kier alpha value is -3.16. The number of benzene rings is 1. The summed E-state index contributed by atoms with van der Waals surface area (Å²) in [6, 6.07) is 4.97. The number of hydrogen-bond acceptors (Lipinski definition) is 4. The molecular formula is C23H21F2N5O. The van der Waals surface area contributed by atoms with Crippen molar-refractivity contribution in [1.29, 1.82) is 0 Å². The van der Waals surface area contributed by atoms with Gasteiger partial charge in [0.1, 0.15) is 22.7 Å². The summed E-state index contributed by atoms with van der Waals surface area (Å²) in [7, 11) is 0. The van der Waals surface area contributed by atoms with Crippen molar-refractivity contribution in [1.82, 2.24) is 19.8 Å². The summed E-state index contributed by atoms with van der Waals surface area (Å²) in [5.74, 6) is -1.33. The number of fused-ring (bicyclic) bond motifs is 1. The highest BCUT2D eigenvalue weighted by Gasteiger charge is 2.72. The Bertz CT molecular complexity index is 1230. The second-order valence-corrected chi connectivity index (χ2v) is 9.46. The highest BCUT2D eigenvalue weighted by atomic mass is 19.1. The zero-order chi connectivity index (χ0) is 21.4. The summed E-state index contributed by atoms with van der Waals surface area (Å²) >= 11 is 0. The molecule has 4 aliphatic rings. The molecule has 3 saturated carbocycles. The minimum absolute atomic E-state index is 0.0410. The summed E-state index contributed by atoms with van der Waals surface area (Å²) in [6.45, 7) is 2.76. The van der Waals surface area contributed by atoms with Gasteiger partial charge in [0, 0.05) is 31.4 Å². The normalized spacial score (nSPS) is 28.6. The van der Waals surface area contributed by atoms with E-state index in [1.807, 2.05) is 30.1 Å². The van der Waals surface area contributed by atoms with Gasteiger partial charge in [-0.25, -0.2) is 13.8 Å². The van der Waals surface area contributed by atoms with Crippen LogP contribution in [0.3, 0.4) is 0 Å². The molecule has 2 bridgehead atoms. The van der Waals surface area contributed by atoms with Gasteiger partial charge in [-0.05, 0) is 60.9 Å². The smallest absolute Gasteiger partial charge is 0.249 e. The molecule has 3 heterocycles. The van der Waals surface area contributed by atoms with E-state index >= 15 is 0 Å². The fourth-order valence-electron chi connectivity index (χ4n) is 5.77. The SMILES string of the molecule is Cc1cnc2cn(CC34CC(C(=O)N5N=CCC5c5cc(F)cc(F)c5)(C3)C4)nc2c1. The summed E-state index contributed by atoms with van der Waals surface area (Å²) < 4.78 is 29.3. The molecule has 0 radical (unpaired) electrons. The number of carbonyl (C=O) groups excluding carboxylic acids is 1. The van der Waals surface area contributed by atoms with E-state index in [1.54, 1.807) is 6.21 Å². The third-order valence-electron chi connectivity index (χ3n) is 6.94. The van der Waals surface area contributed by atoms with E-state index in [4.69, 9.17) is 0 Å². The molecule has 3 fully saturated rings. The Labute approximate surface area is 177 Å². The van der Waals surface area contributed by atoms with Gasteiger partial charge >= 0.3 is 0 Å². The first-order valence-electron chi connectivity index (χ1n) is 10.5. The van der Waals surface area contributed by atoms with Crippen molar-refractivity contribution in [3.05, 3.63) is 59.4 Å². The average molecular weight is 421 g/mol. The lowest BCUT2D eigenvalue weighted by molar-refractivity contribution is -0.223. The first-order chi connectivity index (χ1) is 14.8. The fourth-order valence-corrected chi connectivity index (χ4v) is 5.77. The van der Waals surface area contributed by atoms with Gasteiger partial charge in [-0.3, -0.25) is 14.5 Å². The lowest BCUT2D eigenvalue weighted by Crippen LogP contribution is -2.68. The van der Waals surface area contributed by atoms with Crippen LogP contribution in [0.5, 0.6) is 0 Å². The van der Waals surface area contributed by atoms with Crippen LogP contribution in [0, 0.1) is 29.4 Å². The molecule has 1 aliphatic heterocycles. The van der Waals surface area contributed by atoms with E-state index in [-0.39, 0.29) is 11.3 Å². The van der Waals surface area contributed by atoms with Crippen LogP contribution < -0.4 is 0 Å². The quantitative estimate of drug-likeness (QED) is 0.636. The van der Waals surface area contributed by atoms with Gasteiger partial charge in [0.05, 0.1) is 17.7 Å². The lowest BCUT2D eigenvalue weighted by Gasteiger charge is -2.69. The lowest BCUT2D eigenvalue weighted by atomic mass is 9.34. The monoisotopic (exact) mass is 421 g/mol. The molecule has 1 atom stereocenters. The number of carbonyl (C=O) groups is 1. The van der Waals surface area contributed by atoms with Gasteiger partial charge < -0.3 is 0 Å². The number of hydrazone groups is 1. The van der Waals surface area contributed by atoms with E-state index < -0.39 is 23.1 Å². The Morgan fingerprint density at radius 2 is 1.87 bits per heavy atom. The topological polar surface area (TPSA) is 63.4 Å². The molecule has 158 valence electrons. The van der Waals surface area contributed by atoms with Crippen LogP contribution in [0.25, 0.3) is 11.0 Å². The molecular weight excluding hydrogens is 400 g/mol. The summed E-state index contributed by atoms with van der Waals surface area (Å²) in [4.78, 5) is 17.7. The molecule has 31 heavy (non-hydrogen) atoms. The number of nitrogens with zero attached hydrogens (tertiary/aromatic N) is 5. The van der Waals surface area contributed by atoms with Gasteiger partial charge in [0.25, 0.3) is 0 Å². The highest BCUT2D eigenvalue weighted by molar-refractivity contribution is 5.88. The van der Waals surface area contributed by atoms with Crippen LogP contribution in [-0.4, -0.2) is 31.9 Å². The molecule has 3 aliphatic carbocycles. The Morgan fingerprint density at radius 1 is 1.13 bits per heavy atom. The Kier molecular flexibility index (Phi) is 3.71. The largest absolute Gasteiger partial charge is 0.272 e. The average Bonchev–Trinajstić information content (AvgIpc) is 3.28. The first-order valence-corrected chi connectivity index (χ1v) is 10.5. The minimum Gasteiger partial charge on any atom is -0.272 e. The minimum atomic E-state index is -0.643. The van der Waals surface area contributed by atoms with E-state index in [2.05, 4.69) is 15.2 Å². The number of aromatic nitrogens is 3. The molecule has 2 aromatic heterocycles. The maximum Gasteiger partial charge on any atom is 0.249 e. The summed E-state index contributed by atoms with van der Waals surface area (Å²) in [5, 5.41) is 10.3. The predicted octanol–water partition coefficient (Wildman–Crippen LogP) is 4.15. The summed E-state index contributed by atoms with van der Waals surface area (Å²) in [6.07, 6.45) is 8.27. The van der Waals surface area contributed by atoms with Gasteiger partial charge in [0.2, 0.25) is 5.91 Å². The van der Waals surface area contributed by atoms with Crippen LogP contribution in [0.2, 0.25) is 0 Å². The van der Waals surface area contributed by atoms with Crippen molar-refractivity contribution in [2.45, 2.75) is 45.2 Å². The van der Waals surface area contributed by atoms with Crippen molar-refractivity contribution in [2.75, 3.05) is 0 Å². The van der Waals surface area contributed by atoms with E-state index in [9.17, 15) is 13.6 Å². The number of amides is 1. The van der Waals surface area contributed by atoms with Crippen LogP contribution >= 0.6 is 0 Å². The zero-order valence-electron chi connectivity index (χ0n) is 17.1. The first kappa shape index (κ1) is 18.6. The fraction of sp³-hybridized carbons (Fsp3) is 0.391. The van der Waals surface area contributed by atoms with E-state index in [1.165, 1.54) is 17.1 Å². The van der Waals surface area contributed by atoms with Gasteiger partial charge in [-0.1, -0.05) is 0 Å². The van der Waals surface area contributed by atoms with E-state index in [0.29, 0.717) is 12.0 Å². The molecule has 1 amide bonds. The number of rotatable bonds is 4. The third kappa shape index (κ3) is 2.80. The van der Waals surface area contributed by atoms with E-state index in [0.717, 1.165) is 48.5 Å². The van der Waals surface area contributed by atoms with Crippen LogP contribution in [0.1, 0.15) is 42.9 Å².